The number of furan rings is 1. The molecule has 0 saturated heterocycles. The van der Waals surface area contributed by atoms with Crippen LogP contribution in [0.25, 0.3) is 11.0 Å². The summed E-state index contributed by atoms with van der Waals surface area (Å²) in [5.74, 6) is -0.0173. The van der Waals surface area contributed by atoms with E-state index in [4.69, 9.17) is 4.42 Å². The van der Waals surface area contributed by atoms with Gasteiger partial charge < -0.3 is 14.8 Å². The number of rotatable bonds is 6. The Balaban J connectivity index is 1.54. The van der Waals surface area contributed by atoms with Crippen LogP contribution >= 0.6 is 0 Å². The van der Waals surface area contributed by atoms with Gasteiger partial charge in [-0.25, -0.2) is 4.79 Å². The van der Waals surface area contributed by atoms with Gasteiger partial charge in [0, 0.05) is 24.0 Å². The molecule has 1 aromatic carbocycles. The molecule has 0 aliphatic heterocycles. The Hall–Kier alpha value is -1.81. The molecule has 1 aromatic heterocycles. The van der Waals surface area contributed by atoms with Gasteiger partial charge in [0.05, 0.1) is 0 Å². The van der Waals surface area contributed by atoms with E-state index in [1.165, 1.54) is 25.7 Å². The molecule has 2 saturated carbocycles. The second-order valence-electron chi connectivity index (χ2n) is 6.45. The van der Waals surface area contributed by atoms with Crippen LogP contribution in [0, 0.1) is 11.3 Å². The standard InChI is InChI=1S/C17H19NO3/c19-16(20)15-13(12-3-1-2-4-14(12)21-15)9-18-10-17(7-8-17)11-5-6-11/h1-4,11,18H,5-10H2,(H,19,20). The molecule has 110 valence electrons. The molecule has 0 radical (unpaired) electrons. The van der Waals surface area contributed by atoms with Gasteiger partial charge in [-0.3, -0.25) is 0 Å². The van der Waals surface area contributed by atoms with Gasteiger partial charge >= 0.3 is 5.97 Å². The summed E-state index contributed by atoms with van der Waals surface area (Å²) in [6.07, 6.45) is 5.39. The van der Waals surface area contributed by atoms with Crippen molar-refractivity contribution in [3.05, 3.63) is 35.6 Å². The van der Waals surface area contributed by atoms with Gasteiger partial charge in [0.2, 0.25) is 5.76 Å². The van der Waals surface area contributed by atoms with E-state index in [2.05, 4.69) is 5.32 Å². The Morgan fingerprint density at radius 3 is 2.76 bits per heavy atom. The third-order valence-electron chi connectivity index (χ3n) is 5.01. The molecule has 1 heterocycles. The van der Waals surface area contributed by atoms with E-state index in [1.54, 1.807) is 0 Å². The number of aromatic carboxylic acids is 1. The van der Waals surface area contributed by atoms with Gasteiger partial charge in [0.1, 0.15) is 5.58 Å². The van der Waals surface area contributed by atoms with E-state index in [-0.39, 0.29) is 5.76 Å². The van der Waals surface area contributed by atoms with Crippen LogP contribution in [0.15, 0.2) is 28.7 Å². The number of nitrogens with one attached hydrogen (secondary N) is 1. The Bertz CT molecular complexity index is 695. The molecule has 0 bridgehead atoms. The van der Waals surface area contributed by atoms with Crippen molar-refractivity contribution >= 4 is 16.9 Å². The molecule has 2 aliphatic rings. The fourth-order valence-corrected chi connectivity index (χ4v) is 3.47. The van der Waals surface area contributed by atoms with Crippen LogP contribution in [0.2, 0.25) is 0 Å². The van der Waals surface area contributed by atoms with Crippen LogP contribution in [0.3, 0.4) is 0 Å². The van der Waals surface area contributed by atoms with Crippen molar-refractivity contribution in [2.75, 3.05) is 6.54 Å². The third kappa shape index (κ3) is 2.23. The second kappa shape index (κ2) is 4.60. The summed E-state index contributed by atoms with van der Waals surface area (Å²) in [6, 6.07) is 7.52. The predicted molar refractivity (Wildman–Crippen MR) is 79.3 cm³/mol. The van der Waals surface area contributed by atoms with Crippen LogP contribution in [-0.2, 0) is 6.54 Å². The lowest BCUT2D eigenvalue weighted by Gasteiger charge is -2.14. The molecule has 0 unspecified atom stereocenters. The Labute approximate surface area is 123 Å². The quantitative estimate of drug-likeness (QED) is 0.853. The molecular weight excluding hydrogens is 266 g/mol. The average molecular weight is 285 g/mol. The van der Waals surface area contributed by atoms with Gasteiger partial charge in [-0.15, -0.1) is 0 Å². The first-order chi connectivity index (χ1) is 10.2. The van der Waals surface area contributed by atoms with Gasteiger partial charge in [-0.2, -0.15) is 0 Å². The lowest BCUT2D eigenvalue weighted by Crippen LogP contribution is -2.25. The van der Waals surface area contributed by atoms with Crippen molar-refractivity contribution in [1.29, 1.82) is 0 Å². The van der Waals surface area contributed by atoms with Crippen molar-refractivity contribution in [2.45, 2.75) is 32.2 Å². The first-order valence-corrected chi connectivity index (χ1v) is 7.64. The Morgan fingerprint density at radius 1 is 1.33 bits per heavy atom. The number of carboxylic acid groups (broad SMARTS) is 1. The van der Waals surface area contributed by atoms with Crippen LogP contribution in [-0.4, -0.2) is 17.6 Å². The van der Waals surface area contributed by atoms with E-state index in [9.17, 15) is 9.90 Å². The van der Waals surface area contributed by atoms with Crippen LogP contribution in [0.4, 0.5) is 0 Å². The normalized spacial score (nSPS) is 19.8. The summed E-state index contributed by atoms with van der Waals surface area (Å²) in [6.45, 7) is 1.56. The van der Waals surface area contributed by atoms with Crippen molar-refractivity contribution in [1.82, 2.24) is 5.32 Å². The monoisotopic (exact) mass is 285 g/mol. The maximum absolute atomic E-state index is 11.4. The SMILES string of the molecule is O=C(O)c1oc2ccccc2c1CNCC1(C2CC2)CC1. The number of hydrogen-bond donors (Lipinski definition) is 2. The van der Waals surface area contributed by atoms with Crippen LogP contribution in [0.5, 0.6) is 0 Å². The molecule has 4 heteroatoms. The fourth-order valence-electron chi connectivity index (χ4n) is 3.47. The molecule has 2 aromatic rings. The Kier molecular flexibility index (Phi) is 2.82. The minimum atomic E-state index is -0.994. The predicted octanol–water partition coefficient (Wildman–Crippen LogP) is 3.41. The molecule has 0 atom stereocenters. The van der Waals surface area contributed by atoms with E-state index in [0.29, 0.717) is 17.5 Å². The lowest BCUT2D eigenvalue weighted by atomic mass is 10.0. The summed E-state index contributed by atoms with van der Waals surface area (Å²) in [5.41, 5.74) is 1.93. The minimum absolute atomic E-state index is 0.0694. The molecule has 0 spiro atoms. The van der Waals surface area contributed by atoms with Crippen molar-refractivity contribution < 1.29 is 14.3 Å². The smallest absolute Gasteiger partial charge is 0.372 e. The minimum Gasteiger partial charge on any atom is -0.475 e. The van der Waals surface area contributed by atoms with Gasteiger partial charge in [0.25, 0.3) is 0 Å². The molecule has 0 amide bonds. The summed E-state index contributed by atoms with van der Waals surface area (Å²) in [4.78, 5) is 11.4. The number of carbonyl (C=O) groups is 1. The number of para-hydroxylation sites is 1. The van der Waals surface area contributed by atoms with Crippen molar-refractivity contribution in [3.8, 4) is 0 Å². The molecule has 4 nitrogen and oxygen atoms in total. The maximum atomic E-state index is 11.4. The molecule has 2 fully saturated rings. The second-order valence-corrected chi connectivity index (χ2v) is 6.45. The lowest BCUT2D eigenvalue weighted by molar-refractivity contribution is 0.0663. The summed E-state index contributed by atoms with van der Waals surface area (Å²) in [7, 11) is 0. The highest BCUT2D eigenvalue weighted by atomic mass is 16.4. The summed E-state index contributed by atoms with van der Waals surface area (Å²) < 4.78 is 5.48. The van der Waals surface area contributed by atoms with E-state index in [1.807, 2.05) is 24.3 Å². The van der Waals surface area contributed by atoms with E-state index in [0.717, 1.165) is 23.4 Å². The third-order valence-corrected chi connectivity index (χ3v) is 5.01. The highest BCUT2D eigenvalue weighted by molar-refractivity contribution is 5.95. The molecule has 2 aliphatic carbocycles. The zero-order chi connectivity index (χ0) is 14.4. The topological polar surface area (TPSA) is 62.5 Å². The highest BCUT2D eigenvalue weighted by Crippen LogP contribution is 2.60. The zero-order valence-electron chi connectivity index (χ0n) is 11.9. The summed E-state index contributed by atoms with van der Waals surface area (Å²) >= 11 is 0. The number of benzene rings is 1. The number of hydrogen-bond acceptors (Lipinski definition) is 3. The van der Waals surface area contributed by atoms with Crippen molar-refractivity contribution in [3.63, 3.8) is 0 Å². The molecule has 2 N–H and O–H groups in total. The first-order valence-electron chi connectivity index (χ1n) is 7.64. The zero-order valence-corrected chi connectivity index (χ0v) is 11.9. The van der Waals surface area contributed by atoms with E-state index < -0.39 is 5.97 Å². The Morgan fingerprint density at radius 2 is 2.10 bits per heavy atom. The van der Waals surface area contributed by atoms with Crippen LogP contribution in [0.1, 0.15) is 41.8 Å². The van der Waals surface area contributed by atoms with Crippen LogP contribution < -0.4 is 5.32 Å². The van der Waals surface area contributed by atoms with Crippen molar-refractivity contribution in [2.24, 2.45) is 11.3 Å². The number of carboxylic acids is 1. The first kappa shape index (κ1) is 12.9. The molecule has 4 rings (SSSR count). The fraction of sp³-hybridized carbons (Fsp3) is 0.471. The van der Waals surface area contributed by atoms with Gasteiger partial charge in [-0.05, 0) is 43.1 Å². The maximum Gasteiger partial charge on any atom is 0.372 e. The van der Waals surface area contributed by atoms with Gasteiger partial charge in [-0.1, -0.05) is 18.2 Å². The number of fused-ring (bicyclic) bond motifs is 1. The summed E-state index contributed by atoms with van der Waals surface area (Å²) in [5, 5.41) is 13.7. The molecule has 21 heavy (non-hydrogen) atoms. The van der Waals surface area contributed by atoms with E-state index >= 15 is 0 Å². The average Bonchev–Trinajstić information content (AvgIpc) is 3.36. The largest absolute Gasteiger partial charge is 0.475 e. The van der Waals surface area contributed by atoms with Gasteiger partial charge in [0.15, 0.2) is 0 Å². The highest BCUT2D eigenvalue weighted by Gasteiger charge is 2.53. The molecular formula is C17H19NO3.